The summed E-state index contributed by atoms with van der Waals surface area (Å²) in [5.41, 5.74) is 3.72. The molecule has 0 bridgehead atoms. The Morgan fingerprint density at radius 3 is 2.33 bits per heavy atom. The summed E-state index contributed by atoms with van der Waals surface area (Å²) in [4.78, 5) is 12.9. The molecule has 1 aliphatic rings. The Balaban J connectivity index is 1.28. The van der Waals surface area contributed by atoms with Gasteiger partial charge in [0.2, 0.25) is 0 Å². The van der Waals surface area contributed by atoms with Crippen molar-refractivity contribution in [3.63, 3.8) is 0 Å². The fourth-order valence-corrected chi connectivity index (χ4v) is 11.0. The topological polar surface area (TPSA) is 108 Å². The summed E-state index contributed by atoms with van der Waals surface area (Å²) >= 11 is 0. The Morgan fingerprint density at radius 2 is 1.65 bits per heavy atom. The molecule has 2 heterocycles. The molecule has 4 atom stereocenters. The number of ether oxygens (including phenoxy) is 3. The van der Waals surface area contributed by atoms with Crippen LogP contribution in [0.1, 0.15) is 41.4 Å². The molecule has 1 amide bonds. The third kappa shape index (κ3) is 7.86. The minimum atomic E-state index is -1.98. The highest BCUT2D eigenvalue weighted by Gasteiger charge is 2.50. The molecular weight excluding hydrogens is 597 g/mol. The normalized spacial score (nSPS) is 19.6. The van der Waals surface area contributed by atoms with Crippen LogP contribution in [0.5, 0.6) is 11.5 Å². The molecular formula is C36H46N4O5Si. The summed E-state index contributed by atoms with van der Waals surface area (Å²) < 4.78 is 19.5. The Kier molecular flexibility index (Phi) is 10.9. The number of rotatable bonds is 14. The number of hydrogen-bond donors (Lipinski definition) is 2. The van der Waals surface area contributed by atoms with E-state index in [1.807, 2.05) is 23.0 Å². The van der Waals surface area contributed by atoms with Crippen molar-refractivity contribution in [2.75, 3.05) is 26.1 Å². The molecule has 0 saturated carbocycles. The molecule has 1 aromatic heterocycles. The van der Waals surface area contributed by atoms with Gasteiger partial charge in [0.05, 0.1) is 40.2 Å². The number of benzene rings is 3. The molecule has 9 nitrogen and oxygen atoms in total. The lowest BCUT2D eigenvalue weighted by atomic mass is 9.95. The summed E-state index contributed by atoms with van der Waals surface area (Å²) in [6, 6.07) is 23.8. The Labute approximate surface area is 272 Å². The van der Waals surface area contributed by atoms with Gasteiger partial charge in [-0.1, -0.05) is 54.7 Å². The van der Waals surface area contributed by atoms with Gasteiger partial charge in [-0.05, 0) is 84.8 Å². The number of aliphatic hydroxyl groups excluding tert-OH is 1. The van der Waals surface area contributed by atoms with Crippen molar-refractivity contribution >= 4 is 24.9 Å². The quantitative estimate of drug-likeness (QED) is 0.175. The Morgan fingerprint density at radius 1 is 0.957 bits per heavy atom. The number of aliphatic hydroxyl groups is 1. The zero-order valence-corrected chi connectivity index (χ0v) is 28.5. The van der Waals surface area contributed by atoms with Gasteiger partial charge in [0.1, 0.15) is 11.5 Å². The van der Waals surface area contributed by atoms with E-state index in [4.69, 9.17) is 14.2 Å². The monoisotopic (exact) mass is 642 g/mol. The smallest absolute Gasteiger partial charge is 0.255 e. The van der Waals surface area contributed by atoms with Crippen LogP contribution in [-0.2, 0) is 24.1 Å². The summed E-state index contributed by atoms with van der Waals surface area (Å²) in [5.74, 6) is 1.80. The molecule has 0 unspecified atom stereocenters. The highest BCUT2D eigenvalue weighted by atomic mass is 28.3. The zero-order valence-electron chi connectivity index (χ0n) is 27.5. The van der Waals surface area contributed by atoms with Crippen LogP contribution >= 0.6 is 0 Å². The van der Waals surface area contributed by atoms with E-state index in [9.17, 15) is 9.90 Å². The van der Waals surface area contributed by atoms with Crippen molar-refractivity contribution in [3.05, 3.63) is 95.8 Å². The summed E-state index contributed by atoms with van der Waals surface area (Å²) in [5, 5.41) is 22.2. The second kappa shape index (κ2) is 15.1. The summed E-state index contributed by atoms with van der Waals surface area (Å²) in [6.07, 6.45) is 5.20. The lowest BCUT2D eigenvalue weighted by Gasteiger charge is -2.36. The van der Waals surface area contributed by atoms with Crippen molar-refractivity contribution in [3.8, 4) is 11.5 Å². The van der Waals surface area contributed by atoms with E-state index >= 15 is 0 Å². The zero-order chi connectivity index (χ0) is 32.7. The SMILES string of the molecule is COc1ccc(C(=O)Nc2cccc(CC[C@@H]3O[C@H](CCn4cc(CCO)nn4)[C@@H]([Si](C)(C)c4ccc(OC)cc4)[C@@H]3C)c2)cc1. The molecule has 5 rings (SSSR count). The minimum Gasteiger partial charge on any atom is -0.497 e. The second-order valence-electron chi connectivity index (χ2n) is 12.7. The number of nitrogens with zero attached hydrogens (tertiary/aromatic N) is 3. The maximum Gasteiger partial charge on any atom is 0.255 e. The maximum atomic E-state index is 12.9. The lowest BCUT2D eigenvalue weighted by molar-refractivity contribution is 0.0249. The standard InChI is InChI=1S/C36H46N4O5Si/c1-25-33(18-9-26-7-6-8-28(23-26)37-36(42)27-10-12-30(43-2)13-11-27)45-34(19-21-40-24-29(20-22-41)38-39-40)35(25)46(4,5)32-16-14-31(44-3)15-17-32/h6-8,10-17,23-25,33-35,41H,9,18-22H2,1-5H3,(H,37,42)/t25-,33+,34-,35+/m1/s1. The van der Waals surface area contributed by atoms with E-state index in [2.05, 4.69) is 72.0 Å². The van der Waals surface area contributed by atoms with Crippen LogP contribution in [0.25, 0.3) is 0 Å². The molecule has 1 aliphatic heterocycles. The molecule has 46 heavy (non-hydrogen) atoms. The molecule has 4 aromatic rings. The number of methoxy groups -OCH3 is 2. The van der Waals surface area contributed by atoms with E-state index in [0.717, 1.165) is 42.0 Å². The van der Waals surface area contributed by atoms with Crippen molar-refractivity contribution < 1.29 is 24.1 Å². The van der Waals surface area contributed by atoms with Crippen LogP contribution in [0.15, 0.2) is 79.0 Å². The highest BCUT2D eigenvalue weighted by Crippen LogP contribution is 2.46. The van der Waals surface area contributed by atoms with Gasteiger partial charge in [0, 0.05) is 37.0 Å². The van der Waals surface area contributed by atoms with Gasteiger partial charge in [-0.25, -0.2) is 0 Å². The van der Waals surface area contributed by atoms with Crippen LogP contribution < -0.4 is 20.0 Å². The number of aromatic nitrogens is 3. The predicted octanol–water partition coefficient (Wildman–Crippen LogP) is 5.49. The molecule has 10 heteroatoms. The summed E-state index contributed by atoms with van der Waals surface area (Å²) in [7, 11) is 1.32. The number of aryl methyl sites for hydroxylation is 2. The fourth-order valence-electron chi connectivity index (χ4n) is 6.91. The fraction of sp³-hybridized carbons (Fsp3) is 0.417. The van der Waals surface area contributed by atoms with Crippen molar-refractivity contribution in [2.24, 2.45) is 5.92 Å². The van der Waals surface area contributed by atoms with Crippen LogP contribution in [0.3, 0.4) is 0 Å². The number of hydrogen-bond acceptors (Lipinski definition) is 7. The van der Waals surface area contributed by atoms with Crippen LogP contribution in [0.4, 0.5) is 5.69 Å². The Hall–Kier alpha value is -3.99. The predicted molar refractivity (Wildman–Crippen MR) is 183 cm³/mol. The van der Waals surface area contributed by atoms with Crippen LogP contribution in [0, 0.1) is 5.92 Å². The van der Waals surface area contributed by atoms with Gasteiger partial charge in [-0.2, -0.15) is 0 Å². The third-order valence-electron chi connectivity index (χ3n) is 9.42. The van der Waals surface area contributed by atoms with Crippen molar-refractivity contribution in [1.29, 1.82) is 0 Å². The Bertz CT molecular complexity index is 1570. The van der Waals surface area contributed by atoms with E-state index in [1.165, 1.54) is 5.19 Å². The molecule has 244 valence electrons. The van der Waals surface area contributed by atoms with E-state index in [-0.39, 0.29) is 24.7 Å². The number of nitrogens with one attached hydrogen (secondary N) is 1. The maximum absolute atomic E-state index is 12.9. The molecule has 0 aliphatic carbocycles. The molecule has 1 fully saturated rings. The van der Waals surface area contributed by atoms with Gasteiger partial charge < -0.3 is 24.6 Å². The average molecular weight is 643 g/mol. The van der Waals surface area contributed by atoms with Crippen molar-refractivity contribution in [1.82, 2.24) is 15.0 Å². The molecule has 3 aromatic carbocycles. The minimum absolute atomic E-state index is 0.0608. The van der Waals surface area contributed by atoms with E-state index in [0.29, 0.717) is 35.7 Å². The van der Waals surface area contributed by atoms with Gasteiger partial charge >= 0.3 is 0 Å². The largest absolute Gasteiger partial charge is 0.497 e. The first-order valence-corrected chi connectivity index (χ1v) is 19.1. The molecule has 1 saturated heterocycles. The number of anilines is 1. The van der Waals surface area contributed by atoms with Gasteiger partial charge in [0.25, 0.3) is 5.91 Å². The van der Waals surface area contributed by atoms with Crippen LogP contribution in [-0.4, -0.2) is 67.1 Å². The third-order valence-corrected chi connectivity index (χ3v) is 13.8. The molecule has 2 N–H and O–H groups in total. The number of amides is 1. The first-order chi connectivity index (χ1) is 22.2. The summed E-state index contributed by atoms with van der Waals surface area (Å²) in [6.45, 7) is 8.04. The van der Waals surface area contributed by atoms with E-state index in [1.54, 1.807) is 38.5 Å². The highest BCUT2D eigenvalue weighted by molar-refractivity contribution is 6.91. The number of carbonyl (C=O) groups excluding carboxylic acids is 1. The first kappa shape index (κ1) is 33.4. The van der Waals surface area contributed by atoms with Gasteiger partial charge in [-0.15, -0.1) is 5.10 Å². The lowest BCUT2D eigenvalue weighted by Crippen LogP contribution is -2.50. The van der Waals surface area contributed by atoms with Crippen LogP contribution in [0.2, 0.25) is 18.6 Å². The average Bonchev–Trinajstić information content (AvgIpc) is 3.66. The first-order valence-electron chi connectivity index (χ1n) is 16.1. The number of carbonyl (C=O) groups is 1. The van der Waals surface area contributed by atoms with E-state index < -0.39 is 8.07 Å². The van der Waals surface area contributed by atoms with Gasteiger partial charge in [0.15, 0.2) is 0 Å². The molecule has 0 radical (unpaired) electrons. The van der Waals surface area contributed by atoms with Crippen molar-refractivity contribution in [2.45, 2.75) is 70.0 Å². The molecule has 0 spiro atoms. The second-order valence-corrected chi connectivity index (χ2v) is 17.4. The van der Waals surface area contributed by atoms with Gasteiger partial charge in [-0.3, -0.25) is 9.48 Å².